The molecule has 1 N–H and O–H groups in total. The number of nitriles is 1. The quantitative estimate of drug-likeness (QED) is 0.919. The Balaban J connectivity index is 1.57. The van der Waals surface area contributed by atoms with E-state index >= 15 is 0 Å². The molecule has 4 rings (SSSR count). The van der Waals surface area contributed by atoms with Crippen LogP contribution in [0.15, 0.2) is 30.5 Å². The molecule has 2 aliphatic heterocycles. The fourth-order valence-electron chi connectivity index (χ4n) is 4.16. The van der Waals surface area contributed by atoms with E-state index < -0.39 is 0 Å². The summed E-state index contributed by atoms with van der Waals surface area (Å²) in [6.45, 7) is 9.35. The molecule has 1 aromatic heterocycles. The summed E-state index contributed by atoms with van der Waals surface area (Å²) in [7, 11) is 0. The third-order valence-electron chi connectivity index (χ3n) is 5.59. The Labute approximate surface area is 155 Å². The van der Waals surface area contributed by atoms with E-state index in [1.807, 2.05) is 12.1 Å². The number of hydrogen-bond acceptors (Lipinski definition) is 5. The maximum atomic E-state index is 9.37. The minimum Gasteiger partial charge on any atom is -0.380 e. The molecule has 0 unspecified atom stereocenters. The average Bonchev–Trinajstić information content (AvgIpc) is 2.63. The minimum atomic E-state index is 0.288. The SMILES string of the molecule is C[C@H]1C[C@@H](NCC2(C)COC2)CN(c2ccc(C#N)c3ncccc23)C1. The van der Waals surface area contributed by atoms with E-state index in [0.29, 0.717) is 17.5 Å². The van der Waals surface area contributed by atoms with Gasteiger partial charge in [0, 0.05) is 48.4 Å². The molecule has 5 nitrogen and oxygen atoms in total. The third-order valence-corrected chi connectivity index (χ3v) is 5.59. The number of anilines is 1. The first-order valence-electron chi connectivity index (χ1n) is 9.42. The highest BCUT2D eigenvalue weighted by atomic mass is 16.5. The number of aromatic nitrogens is 1. The fraction of sp³-hybridized carbons (Fsp3) is 0.524. The van der Waals surface area contributed by atoms with E-state index in [0.717, 1.165) is 43.8 Å². The van der Waals surface area contributed by atoms with Crippen LogP contribution in [0.25, 0.3) is 10.9 Å². The molecule has 136 valence electrons. The van der Waals surface area contributed by atoms with Gasteiger partial charge in [0.05, 0.1) is 24.3 Å². The first-order valence-corrected chi connectivity index (χ1v) is 9.42. The number of ether oxygens (including phenoxy) is 1. The van der Waals surface area contributed by atoms with Gasteiger partial charge >= 0.3 is 0 Å². The Morgan fingerprint density at radius 2 is 2.19 bits per heavy atom. The summed E-state index contributed by atoms with van der Waals surface area (Å²) in [5.41, 5.74) is 2.91. The smallest absolute Gasteiger partial charge is 0.101 e. The molecule has 26 heavy (non-hydrogen) atoms. The third kappa shape index (κ3) is 3.27. The van der Waals surface area contributed by atoms with Crippen molar-refractivity contribution in [1.82, 2.24) is 10.3 Å². The molecule has 2 aromatic rings. The van der Waals surface area contributed by atoms with Crippen LogP contribution in [0.3, 0.4) is 0 Å². The highest BCUT2D eigenvalue weighted by Gasteiger charge is 2.34. The van der Waals surface area contributed by atoms with Crippen molar-refractivity contribution in [2.45, 2.75) is 26.3 Å². The van der Waals surface area contributed by atoms with Crippen LogP contribution in [0, 0.1) is 22.7 Å². The molecule has 3 heterocycles. The molecule has 0 aliphatic carbocycles. The fourth-order valence-corrected chi connectivity index (χ4v) is 4.16. The zero-order valence-electron chi connectivity index (χ0n) is 15.5. The lowest BCUT2D eigenvalue weighted by atomic mass is 9.87. The Morgan fingerprint density at radius 1 is 1.35 bits per heavy atom. The summed E-state index contributed by atoms with van der Waals surface area (Å²) in [4.78, 5) is 6.91. The van der Waals surface area contributed by atoms with Crippen molar-refractivity contribution in [1.29, 1.82) is 5.26 Å². The number of nitrogens with zero attached hydrogens (tertiary/aromatic N) is 3. The molecule has 0 bridgehead atoms. The number of rotatable bonds is 4. The number of hydrogen-bond donors (Lipinski definition) is 1. The van der Waals surface area contributed by atoms with Gasteiger partial charge in [-0.3, -0.25) is 4.98 Å². The van der Waals surface area contributed by atoms with Crippen LogP contribution >= 0.6 is 0 Å². The number of pyridine rings is 1. The second kappa shape index (κ2) is 6.86. The normalized spacial score (nSPS) is 24.9. The minimum absolute atomic E-state index is 0.288. The Hall–Kier alpha value is -2.16. The first-order chi connectivity index (χ1) is 12.6. The topological polar surface area (TPSA) is 61.2 Å². The molecule has 0 amide bonds. The number of benzene rings is 1. The molecule has 2 aliphatic rings. The highest BCUT2D eigenvalue weighted by molar-refractivity contribution is 5.95. The van der Waals surface area contributed by atoms with Crippen molar-refractivity contribution in [3.8, 4) is 6.07 Å². The van der Waals surface area contributed by atoms with E-state index in [4.69, 9.17) is 4.74 Å². The van der Waals surface area contributed by atoms with Gasteiger partial charge in [0.15, 0.2) is 0 Å². The maximum Gasteiger partial charge on any atom is 0.101 e. The molecule has 0 spiro atoms. The predicted molar refractivity (Wildman–Crippen MR) is 103 cm³/mol. The summed E-state index contributed by atoms with van der Waals surface area (Å²) in [5.74, 6) is 0.620. The molecule has 0 saturated carbocycles. The van der Waals surface area contributed by atoms with Crippen molar-refractivity contribution in [2.24, 2.45) is 11.3 Å². The molecule has 2 fully saturated rings. The van der Waals surface area contributed by atoms with Gasteiger partial charge in [-0.15, -0.1) is 0 Å². The number of piperidine rings is 1. The van der Waals surface area contributed by atoms with Gasteiger partial charge in [-0.25, -0.2) is 0 Å². The van der Waals surface area contributed by atoms with Crippen LogP contribution in [0.2, 0.25) is 0 Å². The molecule has 2 saturated heterocycles. The lowest BCUT2D eigenvalue weighted by molar-refractivity contribution is -0.100. The maximum absolute atomic E-state index is 9.37. The molecule has 0 radical (unpaired) electrons. The van der Waals surface area contributed by atoms with Crippen molar-refractivity contribution in [3.63, 3.8) is 0 Å². The molecular weight excluding hydrogens is 324 g/mol. The molecule has 1 aromatic carbocycles. The molecular formula is C21H26N4O. The monoisotopic (exact) mass is 350 g/mol. The second-order valence-corrected chi connectivity index (χ2v) is 8.27. The lowest BCUT2D eigenvalue weighted by Crippen LogP contribution is -2.54. The van der Waals surface area contributed by atoms with Crippen LogP contribution in [0.5, 0.6) is 0 Å². The van der Waals surface area contributed by atoms with Crippen molar-refractivity contribution in [2.75, 3.05) is 37.7 Å². The summed E-state index contributed by atoms with van der Waals surface area (Å²) < 4.78 is 5.38. The van der Waals surface area contributed by atoms with Crippen molar-refractivity contribution >= 4 is 16.6 Å². The summed E-state index contributed by atoms with van der Waals surface area (Å²) in [6.07, 6.45) is 2.96. The highest BCUT2D eigenvalue weighted by Crippen LogP contribution is 2.32. The van der Waals surface area contributed by atoms with Crippen LogP contribution in [-0.4, -0.2) is 43.9 Å². The van der Waals surface area contributed by atoms with Crippen molar-refractivity contribution in [3.05, 3.63) is 36.0 Å². The van der Waals surface area contributed by atoms with E-state index in [1.54, 1.807) is 6.20 Å². The van der Waals surface area contributed by atoms with E-state index in [1.165, 1.54) is 12.1 Å². The average molecular weight is 350 g/mol. The van der Waals surface area contributed by atoms with Gasteiger partial charge in [-0.05, 0) is 36.6 Å². The van der Waals surface area contributed by atoms with Gasteiger partial charge in [0.1, 0.15) is 6.07 Å². The standard InChI is InChI=1S/C21H26N4O/c1-15-8-17(24-12-21(2)13-26-14-21)11-25(10-15)19-6-5-16(9-22)20-18(19)4-3-7-23-20/h3-7,15,17,24H,8,10-14H2,1-2H3/t15-,17+/m0/s1. The van der Waals surface area contributed by atoms with Gasteiger partial charge in [-0.1, -0.05) is 13.8 Å². The van der Waals surface area contributed by atoms with E-state index in [2.05, 4.69) is 47.3 Å². The molecule has 5 heteroatoms. The predicted octanol–water partition coefficient (Wildman–Crippen LogP) is 2.95. The van der Waals surface area contributed by atoms with Crippen LogP contribution in [0.1, 0.15) is 25.8 Å². The second-order valence-electron chi connectivity index (χ2n) is 8.27. The Bertz CT molecular complexity index is 840. The zero-order valence-corrected chi connectivity index (χ0v) is 15.5. The van der Waals surface area contributed by atoms with Gasteiger partial charge in [-0.2, -0.15) is 5.26 Å². The van der Waals surface area contributed by atoms with E-state index in [9.17, 15) is 5.26 Å². The number of nitrogens with one attached hydrogen (secondary N) is 1. The zero-order chi connectivity index (χ0) is 18.1. The summed E-state index contributed by atoms with van der Waals surface area (Å²) >= 11 is 0. The van der Waals surface area contributed by atoms with Crippen molar-refractivity contribution < 1.29 is 4.74 Å². The van der Waals surface area contributed by atoms with Crippen LogP contribution in [0.4, 0.5) is 5.69 Å². The van der Waals surface area contributed by atoms with E-state index in [-0.39, 0.29) is 5.41 Å². The van der Waals surface area contributed by atoms with Crippen LogP contribution in [-0.2, 0) is 4.74 Å². The first kappa shape index (κ1) is 17.3. The number of fused-ring (bicyclic) bond motifs is 1. The summed E-state index contributed by atoms with van der Waals surface area (Å²) in [6, 6.07) is 10.7. The molecule has 2 atom stereocenters. The largest absolute Gasteiger partial charge is 0.380 e. The Morgan fingerprint density at radius 3 is 2.92 bits per heavy atom. The Kier molecular flexibility index (Phi) is 4.56. The van der Waals surface area contributed by atoms with Gasteiger partial charge < -0.3 is 15.0 Å². The van der Waals surface area contributed by atoms with Crippen LogP contribution < -0.4 is 10.2 Å². The summed E-state index contributed by atoms with van der Waals surface area (Å²) in [5, 5.41) is 14.2. The van der Waals surface area contributed by atoms with Gasteiger partial charge in [0.2, 0.25) is 0 Å². The van der Waals surface area contributed by atoms with Gasteiger partial charge in [0.25, 0.3) is 0 Å². The lowest BCUT2D eigenvalue weighted by Gasteiger charge is -2.43.